The first-order valence-electron chi connectivity index (χ1n) is 2.12. The largest absolute Gasteiger partial charge is 0.317 e. The summed E-state index contributed by atoms with van der Waals surface area (Å²) in [7, 11) is 0. The zero-order chi connectivity index (χ0) is 4.12. The van der Waals surface area contributed by atoms with Gasteiger partial charge in [0.2, 0.25) is 0 Å². The van der Waals surface area contributed by atoms with E-state index < -0.39 is 0 Å². The van der Waals surface area contributed by atoms with Gasteiger partial charge in [-0.05, 0) is 13.1 Å². The second-order valence-corrected chi connectivity index (χ2v) is 0.957. The van der Waals surface area contributed by atoms with Crippen LogP contribution < -0.4 is 5.32 Å². The fraction of sp³-hybridized carbons (Fsp3) is 1.00. The molecule has 0 aromatic heterocycles. The van der Waals surface area contributed by atoms with Crippen LogP contribution in [0, 0.1) is 37.7 Å². The van der Waals surface area contributed by atoms with E-state index in [9.17, 15) is 0 Å². The van der Waals surface area contributed by atoms with Crippen molar-refractivity contribution in [2.24, 2.45) is 0 Å². The van der Waals surface area contributed by atoms with Crippen LogP contribution in [0.5, 0.6) is 0 Å². The molecular formula is C4H11ArN. The molecule has 0 amide bonds. The third-order valence-electron chi connectivity index (χ3n) is 0.500. The van der Waals surface area contributed by atoms with Gasteiger partial charge in [0.25, 0.3) is 0 Å². The quantitative estimate of drug-likeness (QED) is 0.553. The molecule has 0 radical (unpaired) electrons. The van der Waals surface area contributed by atoms with Crippen molar-refractivity contribution in [2.75, 3.05) is 13.1 Å². The van der Waals surface area contributed by atoms with Crippen molar-refractivity contribution in [1.82, 2.24) is 5.32 Å². The van der Waals surface area contributed by atoms with E-state index >= 15 is 0 Å². The summed E-state index contributed by atoms with van der Waals surface area (Å²) in [5.74, 6) is 0. The maximum atomic E-state index is 3.11. The fourth-order valence-electron chi connectivity index (χ4n) is 0.250. The van der Waals surface area contributed by atoms with Gasteiger partial charge in [-0.1, -0.05) is 13.8 Å². The summed E-state index contributed by atoms with van der Waals surface area (Å²) in [6.45, 7) is 6.39. The van der Waals surface area contributed by atoms with Gasteiger partial charge >= 0.3 is 0 Å². The van der Waals surface area contributed by atoms with E-state index in [0.717, 1.165) is 13.1 Å². The molecule has 0 fully saturated rings. The molecule has 1 nitrogen and oxygen atoms in total. The maximum absolute atomic E-state index is 3.11. The molecule has 0 aliphatic rings. The first-order chi connectivity index (χ1) is 2.41. The van der Waals surface area contributed by atoms with Gasteiger partial charge in [-0.2, -0.15) is 0 Å². The topological polar surface area (TPSA) is 12.0 Å². The molecule has 0 atom stereocenters. The van der Waals surface area contributed by atoms with Gasteiger partial charge in [0.05, 0.1) is 0 Å². The Morgan fingerprint density at radius 1 is 1.17 bits per heavy atom. The molecule has 0 saturated heterocycles. The van der Waals surface area contributed by atoms with E-state index in [1.807, 2.05) is 0 Å². The van der Waals surface area contributed by atoms with Gasteiger partial charge in [-0.15, -0.1) is 0 Å². The minimum Gasteiger partial charge on any atom is -0.317 e. The standard InChI is InChI=1S/C4H11N.Ar/c1-3-5-4-2;/h5H,3-4H2,1-2H3;. The molecule has 0 saturated carbocycles. The molecule has 0 rings (SSSR count). The monoisotopic (exact) mass is 113 g/mol. The van der Waals surface area contributed by atoms with Crippen LogP contribution in [-0.2, 0) is 0 Å². The third-order valence-corrected chi connectivity index (χ3v) is 0.500. The molecular weight excluding hydrogens is 102 g/mol. The van der Waals surface area contributed by atoms with Gasteiger partial charge in [-0.3, -0.25) is 0 Å². The predicted octanol–water partition coefficient (Wildman–Crippen LogP) is 0.616. The molecule has 0 bridgehead atoms. The second kappa shape index (κ2) is 9.52. The second-order valence-electron chi connectivity index (χ2n) is 0.957. The van der Waals surface area contributed by atoms with Crippen LogP contribution in [-0.4, -0.2) is 13.1 Å². The molecule has 6 heavy (non-hydrogen) atoms. The predicted molar refractivity (Wildman–Crippen MR) is 24.2 cm³/mol. The first kappa shape index (κ1) is 10.3. The van der Waals surface area contributed by atoms with Crippen LogP contribution in [0.15, 0.2) is 0 Å². The SMILES string of the molecule is CCNCC.[Ar]. The minimum absolute atomic E-state index is 0. The Morgan fingerprint density at radius 3 is 1.50 bits per heavy atom. The van der Waals surface area contributed by atoms with Gasteiger partial charge in [0.15, 0.2) is 0 Å². The molecule has 0 spiro atoms. The average molecular weight is 113 g/mol. The van der Waals surface area contributed by atoms with Crippen molar-refractivity contribution in [3.63, 3.8) is 0 Å². The van der Waals surface area contributed by atoms with Crippen molar-refractivity contribution in [3.8, 4) is 0 Å². The molecule has 0 aromatic carbocycles. The molecule has 2 heteroatoms. The normalized spacial score (nSPS) is 7.00. The van der Waals surface area contributed by atoms with E-state index in [1.165, 1.54) is 0 Å². The Labute approximate surface area is 69.5 Å². The van der Waals surface area contributed by atoms with Crippen molar-refractivity contribution in [1.29, 1.82) is 0 Å². The van der Waals surface area contributed by atoms with Crippen LogP contribution in [0.2, 0.25) is 0 Å². The summed E-state index contributed by atoms with van der Waals surface area (Å²) in [4.78, 5) is 0. The molecule has 40 valence electrons. The van der Waals surface area contributed by atoms with Crippen LogP contribution >= 0.6 is 0 Å². The zero-order valence-corrected chi connectivity index (χ0v) is 4.97. The summed E-state index contributed by atoms with van der Waals surface area (Å²) in [6, 6.07) is 0. The van der Waals surface area contributed by atoms with Crippen molar-refractivity contribution in [3.05, 3.63) is 0 Å². The fourth-order valence-corrected chi connectivity index (χ4v) is 0.250. The number of hydrogen-bond acceptors (Lipinski definition) is 1. The molecule has 0 aliphatic heterocycles. The smallest absolute Gasteiger partial charge is 0 e. The minimum atomic E-state index is 0. The van der Waals surface area contributed by atoms with Gasteiger partial charge in [-0.25, -0.2) is 0 Å². The van der Waals surface area contributed by atoms with E-state index in [-0.39, 0.29) is 37.7 Å². The first-order valence-corrected chi connectivity index (χ1v) is 2.12. The molecule has 0 unspecified atom stereocenters. The Morgan fingerprint density at radius 2 is 1.50 bits per heavy atom. The van der Waals surface area contributed by atoms with Crippen molar-refractivity contribution >= 4 is 0 Å². The molecule has 0 aromatic rings. The Bertz CT molecular complexity index is 15.0. The number of hydrogen-bond donors (Lipinski definition) is 1. The van der Waals surface area contributed by atoms with Crippen molar-refractivity contribution < 1.29 is 37.7 Å². The molecule has 0 aliphatic carbocycles. The summed E-state index contributed by atoms with van der Waals surface area (Å²) >= 11 is 0. The molecule has 0 heterocycles. The summed E-state index contributed by atoms with van der Waals surface area (Å²) < 4.78 is 0. The van der Waals surface area contributed by atoms with Crippen molar-refractivity contribution in [2.45, 2.75) is 13.8 Å². The maximum Gasteiger partial charge on any atom is 0 e. The van der Waals surface area contributed by atoms with Gasteiger partial charge in [0, 0.05) is 37.7 Å². The Balaban J connectivity index is 0. The van der Waals surface area contributed by atoms with Crippen LogP contribution in [0.4, 0.5) is 0 Å². The third kappa shape index (κ3) is 8.97. The average Bonchev–Trinajstić information content (AvgIpc) is 1.41. The van der Waals surface area contributed by atoms with Gasteiger partial charge < -0.3 is 5.32 Å². The number of nitrogens with one attached hydrogen (secondary N) is 1. The Hall–Kier alpha value is 1.22. The van der Waals surface area contributed by atoms with Gasteiger partial charge in [0.1, 0.15) is 0 Å². The van der Waals surface area contributed by atoms with Crippen LogP contribution in [0.3, 0.4) is 0 Å². The Kier molecular flexibility index (Phi) is 16.3. The summed E-state index contributed by atoms with van der Waals surface area (Å²) in [5, 5.41) is 3.11. The summed E-state index contributed by atoms with van der Waals surface area (Å²) in [5.41, 5.74) is 0. The van der Waals surface area contributed by atoms with Crippen LogP contribution in [0.1, 0.15) is 13.8 Å². The van der Waals surface area contributed by atoms with E-state index in [2.05, 4.69) is 19.2 Å². The number of rotatable bonds is 2. The van der Waals surface area contributed by atoms with Crippen LogP contribution in [0.25, 0.3) is 0 Å². The van der Waals surface area contributed by atoms with E-state index in [0.29, 0.717) is 0 Å². The van der Waals surface area contributed by atoms with E-state index in [1.54, 1.807) is 0 Å². The summed E-state index contributed by atoms with van der Waals surface area (Å²) in [6.07, 6.45) is 0. The zero-order valence-electron chi connectivity index (χ0n) is 4.27. The van der Waals surface area contributed by atoms with E-state index in [4.69, 9.17) is 0 Å². The molecule has 1 N–H and O–H groups in total.